The Balaban J connectivity index is 1.69. The van der Waals surface area contributed by atoms with Crippen LogP contribution in [-0.2, 0) is 21.0 Å². The number of piperidine rings is 1. The second kappa shape index (κ2) is 10.5. The molecule has 0 aliphatic carbocycles. The Hall–Kier alpha value is -3.67. The molecule has 1 fully saturated rings. The molecule has 3 heterocycles. The van der Waals surface area contributed by atoms with E-state index in [4.69, 9.17) is 0 Å². The van der Waals surface area contributed by atoms with E-state index in [-0.39, 0.29) is 40.4 Å². The van der Waals surface area contributed by atoms with Crippen LogP contribution in [0.3, 0.4) is 0 Å². The van der Waals surface area contributed by atoms with E-state index in [0.717, 1.165) is 12.1 Å². The average Bonchev–Trinajstić information content (AvgIpc) is 2.88. The third kappa shape index (κ3) is 6.00. The molecule has 4 rings (SSSR count). The Kier molecular flexibility index (Phi) is 7.61. The van der Waals surface area contributed by atoms with E-state index in [1.54, 1.807) is 36.1 Å². The van der Waals surface area contributed by atoms with Crippen molar-refractivity contribution in [3.8, 4) is 11.3 Å². The highest BCUT2D eigenvalue weighted by atomic mass is 32.2. The first-order chi connectivity index (χ1) is 18.2. The molecule has 0 spiro atoms. The first kappa shape index (κ1) is 28.3. The van der Waals surface area contributed by atoms with Crippen LogP contribution in [0.25, 0.3) is 11.3 Å². The fourth-order valence-electron chi connectivity index (χ4n) is 4.70. The van der Waals surface area contributed by atoms with E-state index in [0.29, 0.717) is 24.9 Å². The smallest absolute Gasteiger partial charge is 0.418 e. The van der Waals surface area contributed by atoms with Crippen molar-refractivity contribution in [3.05, 3.63) is 65.7 Å². The van der Waals surface area contributed by atoms with Crippen LogP contribution in [0.2, 0.25) is 0 Å². The van der Waals surface area contributed by atoms with Crippen LogP contribution in [0.1, 0.15) is 50.7 Å². The number of hydrogen-bond donors (Lipinski definition) is 2. The predicted molar refractivity (Wildman–Crippen MR) is 141 cm³/mol. The summed E-state index contributed by atoms with van der Waals surface area (Å²) in [5, 5.41) is 9.23. The maximum Gasteiger partial charge on any atom is 0.418 e. The lowest BCUT2D eigenvalue weighted by Crippen LogP contribution is -2.46. The predicted octanol–water partition coefficient (Wildman–Crippen LogP) is 5.78. The molecule has 0 unspecified atom stereocenters. The zero-order chi connectivity index (χ0) is 28.6. The Labute approximate surface area is 225 Å². The molecule has 12 heteroatoms. The molecule has 0 amide bonds. The molecule has 1 aliphatic rings. The van der Waals surface area contributed by atoms with Crippen LogP contribution >= 0.6 is 0 Å². The zero-order valence-corrected chi connectivity index (χ0v) is 22.5. The maximum atomic E-state index is 13.9. The highest BCUT2D eigenvalue weighted by Gasteiger charge is 2.39. The molecular weight excluding hydrogens is 533 g/mol. The van der Waals surface area contributed by atoms with Crippen molar-refractivity contribution < 1.29 is 31.5 Å². The molecule has 0 radical (unpaired) electrons. The van der Waals surface area contributed by atoms with Crippen molar-refractivity contribution in [2.24, 2.45) is 5.41 Å². The molecule has 1 atom stereocenters. The quantitative estimate of drug-likeness (QED) is 0.376. The molecule has 0 bridgehead atoms. The molecule has 1 saturated heterocycles. The summed E-state index contributed by atoms with van der Waals surface area (Å²) in [5.74, 6) is -1.05. The molecule has 208 valence electrons. The van der Waals surface area contributed by atoms with E-state index >= 15 is 0 Å². The Morgan fingerprint density at radius 3 is 2.46 bits per heavy atom. The second-order valence-corrected chi connectivity index (χ2v) is 11.8. The van der Waals surface area contributed by atoms with Crippen molar-refractivity contribution >= 4 is 27.6 Å². The molecule has 2 N–H and O–H groups in total. The number of alkyl halides is 3. The number of carboxylic acid groups (broad SMARTS) is 1. The summed E-state index contributed by atoms with van der Waals surface area (Å²) in [4.78, 5) is 21.8. The molecule has 1 aromatic carbocycles. The fourth-order valence-corrected chi connectivity index (χ4v) is 5.66. The van der Waals surface area contributed by atoms with Crippen molar-refractivity contribution in [1.29, 1.82) is 0 Å². The van der Waals surface area contributed by atoms with Gasteiger partial charge < -0.3 is 10.0 Å². The minimum atomic E-state index is -4.71. The van der Waals surface area contributed by atoms with Crippen molar-refractivity contribution in [3.63, 3.8) is 0 Å². The van der Waals surface area contributed by atoms with Crippen molar-refractivity contribution in [2.45, 2.75) is 50.7 Å². The molecule has 39 heavy (non-hydrogen) atoms. The highest BCUT2D eigenvalue weighted by Crippen LogP contribution is 2.39. The van der Waals surface area contributed by atoms with Crippen LogP contribution in [0, 0.1) is 5.41 Å². The lowest BCUT2D eigenvalue weighted by molar-refractivity contribution is -0.148. The van der Waals surface area contributed by atoms with Gasteiger partial charge in [-0.3, -0.25) is 9.52 Å². The number of hydrogen-bond acceptors (Lipinski definition) is 6. The molecule has 2 aromatic heterocycles. The summed E-state index contributed by atoms with van der Waals surface area (Å²) < 4.78 is 70.4. The zero-order valence-electron chi connectivity index (χ0n) is 21.7. The van der Waals surface area contributed by atoms with Gasteiger partial charge in [-0.25, -0.2) is 9.97 Å². The van der Waals surface area contributed by atoms with Gasteiger partial charge in [-0.15, -0.1) is 0 Å². The average molecular weight is 563 g/mol. The molecular formula is C27H29F3N4O4S. The second-order valence-electron chi connectivity index (χ2n) is 10.2. The third-order valence-electron chi connectivity index (χ3n) is 6.80. The van der Waals surface area contributed by atoms with Gasteiger partial charge in [0.15, 0.2) is 5.03 Å². The highest BCUT2D eigenvalue weighted by molar-refractivity contribution is 7.92. The van der Waals surface area contributed by atoms with Gasteiger partial charge in [-0.1, -0.05) is 44.2 Å². The number of nitrogens with zero attached hydrogens (tertiary/aromatic N) is 3. The van der Waals surface area contributed by atoms with Gasteiger partial charge in [0.25, 0.3) is 10.0 Å². The van der Waals surface area contributed by atoms with Gasteiger partial charge in [0.2, 0.25) is 0 Å². The number of pyridine rings is 2. The number of sulfonamides is 1. The van der Waals surface area contributed by atoms with Crippen LogP contribution in [-0.4, -0.2) is 42.6 Å². The van der Waals surface area contributed by atoms with E-state index < -0.39 is 33.1 Å². The largest absolute Gasteiger partial charge is 0.481 e. The molecule has 3 aromatic rings. The van der Waals surface area contributed by atoms with Gasteiger partial charge in [0.1, 0.15) is 11.6 Å². The van der Waals surface area contributed by atoms with Gasteiger partial charge in [0, 0.05) is 18.7 Å². The van der Waals surface area contributed by atoms with Crippen molar-refractivity contribution in [2.75, 3.05) is 22.7 Å². The number of carboxylic acids is 1. The lowest BCUT2D eigenvalue weighted by Gasteiger charge is -2.38. The summed E-state index contributed by atoms with van der Waals surface area (Å²) >= 11 is 0. The van der Waals surface area contributed by atoms with Gasteiger partial charge >= 0.3 is 12.1 Å². The maximum absolute atomic E-state index is 13.9. The standard InChI is InChI=1S/C27H29F3N4O4S/c1-17(2)18-8-4-5-9-19(18)24-20(27(28,29)30)12-13-21(31-24)33-39(37,38)23-11-6-10-22(32-23)34-15-7-14-26(3,16-34)25(35)36/h4-6,8-13,17H,7,14-16H2,1-3H3,(H,31,33)(H,35,36)/t26-/m0/s1. The number of halogens is 3. The number of rotatable bonds is 7. The SMILES string of the molecule is CC(C)c1ccccc1-c1nc(NS(=O)(=O)c2cccc(N3CCC[C@](C)(C(=O)O)C3)n2)ccc1C(F)(F)F. The molecule has 8 nitrogen and oxygen atoms in total. The molecule has 0 saturated carbocycles. The van der Waals surface area contributed by atoms with E-state index in [2.05, 4.69) is 14.7 Å². The number of nitrogens with one attached hydrogen (secondary N) is 1. The van der Waals surface area contributed by atoms with Crippen molar-refractivity contribution in [1.82, 2.24) is 9.97 Å². The fraction of sp³-hybridized carbons (Fsp3) is 0.370. The summed E-state index contributed by atoms with van der Waals surface area (Å²) in [6.07, 6.45) is -3.63. The van der Waals surface area contributed by atoms with Gasteiger partial charge in [-0.2, -0.15) is 21.6 Å². The van der Waals surface area contributed by atoms with E-state index in [1.165, 1.54) is 18.2 Å². The number of aromatic nitrogens is 2. The van der Waals surface area contributed by atoms with Crippen LogP contribution in [0.15, 0.2) is 59.6 Å². The first-order valence-electron chi connectivity index (χ1n) is 12.4. The number of aliphatic carboxylic acids is 1. The Morgan fingerprint density at radius 2 is 1.79 bits per heavy atom. The minimum Gasteiger partial charge on any atom is -0.481 e. The molecule has 1 aliphatic heterocycles. The number of carbonyl (C=O) groups is 1. The topological polar surface area (TPSA) is 112 Å². The summed E-state index contributed by atoms with van der Waals surface area (Å²) in [5.41, 5.74) is -1.47. The summed E-state index contributed by atoms with van der Waals surface area (Å²) in [7, 11) is -4.34. The number of benzene rings is 1. The number of anilines is 2. The first-order valence-corrected chi connectivity index (χ1v) is 13.9. The van der Waals surface area contributed by atoms with Gasteiger partial charge in [-0.05, 0) is 55.5 Å². The van der Waals surface area contributed by atoms with E-state index in [9.17, 15) is 31.5 Å². The Morgan fingerprint density at radius 1 is 1.08 bits per heavy atom. The van der Waals surface area contributed by atoms with Crippen LogP contribution in [0.5, 0.6) is 0 Å². The van der Waals surface area contributed by atoms with Gasteiger partial charge in [0.05, 0.1) is 16.7 Å². The normalized spacial score (nSPS) is 18.3. The lowest BCUT2D eigenvalue weighted by atomic mass is 9.82. The minimum absolute atomic E-state index is 0.103. The third-order valence-corrected chi connectivity index (χ3v) is 8.05. The summed E-state index contributed by atoms with van der Waals surface area (Å²) in [6, 6.07) is 12.7. The van der Waals surface area contributed by atoms with Crippen LogP contribution < -0.4 is 9.62 Å². The van der Waals surface area contributed by atoms with E-state index in [1.807, 2.05) is 13.8 Å². The van der Waals surface area contributed by atoms with Crippen LogP contribution in [0.4, 0.5) is 24.8 Å². The summed E-state index contributed by atoms with van der Waals surface area (Å²) in [6.45, 7) is 5.99. The Bertz CT molecular complexity index is 1490. The monoisotopic (exact) mass is 562 g/mol.